The van der Waals surface area contributed by atoms with Crippen LogP contribution in [0.3, 0.4) is 0 Å². The fourth-order valence-corrected chi connectivity index (χ4v) is 3.10. The fraction of sp³-hybridized carbons (Fsp3) is 0.391. The van der Waals surface area contributed by atoms with E-state index in [1.165, 1.54) is 11.1 Å². The van der Waals surface area contributed by atoms with E-state index in [1.54, 1.807) is 7.11 Å². The maximum atomic E-state index is 9.10. The third kappa shape index (κ3) is 8.65. The fourth-order valence-electron chi connectivity index (χ4n) is 3.10. The number of benzene rings is 2. The Morgan fingerprint density at radius 1 is 0.968 bits per heavy atom. The molecule has 1 saturated heterocycles. The number of para-hydroxylation sites is 1. The van der Waals surface area contributed by atoms with Crippen LogP contribution in [-0.4, -0.2) is 73.6 Å². The molecule has 2 aromatic rings. The number of carboxylic acids is 2. The minimum absolute atomic E-state index is 0.648. The lowest BCUT2D eigenvalue weighted by Gasteiger charge is -2.27. The summed E-state index contributed by atoms with van der Waals surface area (Å²) in [6.45, 7) is 5.35. The van der Waals surface area contributed by atoms with Crippen molar-refractivity contribution >= 4 is 11.9 Å². The van der Waals surface area contributed by atoms with Crippen LogP contribution in [0.15, 0.2) is 48.5 Å². The smallest absolute Gasteiger partial charge is 0.414 e. The molecule has 1 aliphatic heterocycles. The van der Waals surface area contributed by atoms with Gasteiger partial charge in [-0.2, -0.15) is 0 Å². The van der Waals surface area contributed by atoms with Crippen molar-refractivity contribution in [2.45, 2.75) is 12.8 Å². The largest absolute Gasteiger partial charge is 0.493 e. The summed E-state index contributed by atoms with van der Waals surface area (Å²) in [7, 11) is 1.70. The summed E-state index contributed by atoms with van der Waals surface area (Å²) < 4.78 is 17.1. The minimum Gasteiger partial charge on any atom is -0.493 e. The monoisotopic (exact) mass is 431 g/mol. The lowest BCUT2D eigenvalue weighted by atomic mass is 10.1. The number of rotatable bonds is 8. The molecule has 1 heterocycles. The molecule has 0 aromatic heterocycles. The van der Waals surface area contributed by atoms with Crippen LogP contribution in [0.2, 0.25) is 0 Å². The molecule has 168 valence electrons. The van der Waals surface area contributed by atoms with Gasteiger partial charge in [-0.3, -0.25) is 4.90 Å². The van der Waals surface area contributed by atoms with E-state index >= 15 is 0 Å². The van der Waals surface area contributed by atoms with Crippen LogP contribution < -0.4 is 9.47 Å². The molecule has 1 fully saturated rings. The Kier molecular flexibility index (Phi) is 10.3. The first-order chi connectivity index (χ1) is 15.0. The number of methoxy groups -OCH3 is 1. The second-order valence-electron chi connectivity index (χ2n) is 6.85. The van der Waals surface area contributed by atoms with Gasteiger partial charge in [0.05, 0.1) is 26.9 Å². The highest BCUT2D eigenvalue weighted by Gasteiger charge is 2.14. The van der Waals surface area contributed by atoms with Crippen LogP contribution in [0.25, 0.3) is 0 Å². The number of hydrogen-bond acceptors (Lipinski definition) is 6. The van der Waals surface area contributed by atoms with Gasteiger partial charge in [-0.25, -0.2) is 9.59 Å². The molecule has 31 heavy (non-hydrogen) atoms. The number of carboxylic acid groups (broad SMARTS) is 2. The maximum absolute atomic E-state index is 9.10. The molecule has 0 atom stereocenters. The highest BCUT2D eigenvalue weighted by atomic mass is 16.5. The predicted octanol–water partition coefficient (Wildman–Crippen LogP) is 2.35. The molecule has 3 rings (SSSR count). The van der Waals surface area contributed by atoms with E-state index < -0.39 is 11.9 Å². The average molecular weight is 431 g/mol. The van der Waals surface area contributed by atoms with Gasteiger partial charge < -0.3 is 24.4 Å². The Balaban J connectivity index is 0.000000501. The van der Waals surface area contributed by atoms with Crippen LogP contribution in [0.4, 0.5) is 0 Å². The lowest BCUT2D eigenvalue weighted by molar-refractivity contribution is -0.159. The Bertz CT molecular complexity index is 808. The second kappa shape index (κ2) is 13.3. The van der Waals surface area contributed by atoms with Crippen molar-refractivity contribution in [1.29, 1.82) is 0 Å². The summed E-state index contributed by atoms with van der Waals surface area (Å²) in [6, 6.07) is 16.6. The molecule has 8 heteroatoms. The Labute approximate surface area is 182 Å². The van der Waals surface area contributed by atoms with E-state index in [0.29, 0.717) is 6.61 Å². The SMILES string of the molecule is COc1cccc(CCN2CCOCC2)c1OCCc1ccccc1.O=C(O)C(=O)O. The molecule has 0 radical (unpaired) electrons. The molecule has 0 spiro atoms. The van der Waals surface area contributed by atoms with E-state index in [1.807, 2.05) is 18.2 Å². The van der Waals surface area contributed by atoms with Gasteiger partial charge in [-0.1, -0.05) is 42.5 Å². The highest BCUT2D eigenvalue weighted by Crippen LogP contribution is 2.31. The molecule has 0 amide bonds. The first-order valence-electron chi connectivity index (χ1n) is 10.1. The number of nitrogens with zero attached hydrogens (tertiary/aromatic N) is 1. The van der Waals surface area contributed by atoms with E-state index in [4.69, 9.17) is 34.0 Å². The van der Waals surface area contributed by atoms with Crippen molar-refractivity contribution < 1.29 is 34.0 Å². The van der Waals surface area contributed by atoms with Crippen LogP contribution in [0, 0.1) is 0 Å². The number of morpholine rings is 1. The third-order valence-corrected chi connectivity index (χ3v) is 4.74. The molecular formula is C23H29NO7. The van der Waals surface area contributed by atoms with Gasteiger partial charge in [0.2, 0.25) is 0 Å². The summed E-state index contributed by atoms with van der Waals surface area (Å²) in [6.07, 6.45) is 1.85. The van der Waals surface area contributed by atoms with Gasteiger partial charge in [0.15, 0.2) is 11.5 Å². The van der Waals surface area contributed by atoms with Crippen LogP contribution >= 0.6 is 0 Å². The van der Waals surface area contributed by atoms with Gasteiger partial charge in [0, 0.05) is 26.1 Å². The van der Waals surface area contributed by atoms with Gasteiger partial charge in [0.25, 0.3) is 0 Å². The van der Waals surface area contributed by atoms with Gasteiger partial charge in [0.1, 0.15) is 0 Å². The van der Waals surface area contributed by atoms with Crippen LogP contribution in [0.1, 0.15) is 11.1 Å². The van der Waals surface area contributed by atoms with E-state index in [-0.39, 0.29) is 0 Å². The molecule has 2 aromatic carbocycles. The molecule has 2 N–H and O–H groups in total. The molecule has 0 bridgehead atoms. The lowest BCUT2D eigenvalue weighted by Crippen LogP contribution is -2.37. The van der Waals surface area contributed by atoms with Gasteiger partial charge >= 0.3 is 11.9 Å². The maximum Gasteiger partial charge on any atom is 0.414 e. The van der Waals surface area contributed by atoms with E-state index in [0.717, 1.165) is 57.2 Å². The Morgan fingerprint density at radius 2 is 1.65 bits per heavy atom. The highest BCUT2D eigenvalue weighted by molar-refractivity contribution is 6.27. The first-order valence-corrected chi connectivity index (χ1v) is 10.1. The summed E-state index contributed by atoms with van der Waals surface area (Å²) >= 11 is 0. The van der Waals surface area contributed by atoms with E-state index in [9.17, 15) is 0 Å². The van der Waals surface area contributed by atoms with Crippen molar-refractivity contribution in [2.24, 2.45) is 0 Å². The Hall–Kier alpha value is -3.10. The summed E-state index contributed by atoms with van der Waals surface area (Å²) in [5, 5.41) is 14.8. The summed E-state index contributed by atoms with van der Waals surface area (Å²) in [5.74, 6) is -1.95. The zero-order valence-electron chi connectivity index (χ0n) is 17.7. The van der Waals surface area contributed by atoms with Crippen molar-refractivity contribution in [3.8, 4) is 11.5 Å². The van der Waals surface area contributed by atoms with Crippen LogP contribution in [-0.2, 0) is 27.2 Å². The van der Waals surface area contributed by atoms with Crippen molar-refractivity contribution in [2.75, 3.05) is 46.6 Å². The normalized spacial score (nSPS) is 13.6. The second-order valence-corrected chi connectivity index (χ2v) is 6.85. The first kappa shape index (κ1) is 24.2. The van der Waals surface area contributed by atoms with Crippen LogP contribution in [0.5, 0.6) is 11.5 Å². The van der Waals surface area contributed by atoms with Crippen molar-refractivity contribution in [1.82, 2.24) is 4.90 Å². The van der Waals surface area contributed by atoms with Crippen molar-refractivity contribution in [3.63, 3.8) is 0 Å². The quantitative estimate of drug-likeness (QED) is 0.614. The topological polar surface area (TPSA) is 106 Å². The van der Waals surface area contributed by atoms with Crippen molar-refractivity contribution in [3.05, 3.63) is 59.7 Å². The molecule has 1 aliphatic rings. The molecule has 0 unspecified atom stereocenters. The third-order valence-electron chi connectivity index (χ3n) is 4.74. The number of carbonyl (C=O) groups is 2. The zero-order chi connectivity index (χ0) is 22.5. The zero-order valence-corrected chi connectivity index (χ0v) is 17.7. The number of ether oxygens (including phenoxy) is 3. The summed E-state index contributed by atoms with van der Waals surface area (Å²) in [5.41, 5.74) is 2.49. The van der Waals surface area contributed by atoms with E-state index in [2.05, 4.69) is 35.2 Å². The Morgan fingerprint density at radius 3 is 2.26 bits per heavy atom. The average Bonchev–Trinajstić information content (AvgIpc) is 2.80. The summed E-state index contributed by atoms with van der Waals surface area (Å²) in [4.78, 5) is 20.6. The standard InChI is InChI=1S/C21H27NO3.C2H2O4/c1-23-20-9-5-8-19(10-12-22-13-16-24-17-14-22)21(20)25-15-11-18-6-3-2-4-7-18;3-1(4)2(5)6/h2-9H,10-17H2,1H3;(H,3,4)(H,5,6). The molecule has 0 aliphatic carbocycles. The molecule has 0 saturated carbocycles. The van der Waals surface area contributed by atoms with Gasteiger partial charge in [-0.05, 0) is 23.6 Å². The number of hydrogen-bond donors (Lipinski definition) is 2. The van der Waals surface area contributed by atoms with Gasteiger partial charge in [-0.15, -0.1) is 0 Å². The number of aliphatic carboxylic acids is 2. The predicted molar refractivity (Wildman–Crippen MR) is 115 cm³/mol. The molecular weight excluding hydrogens is 402 g/mol. The minimum atomic E-state index is -1.82. The molecule has 8 nitrogen and oxygen atoms in total.